The van der Waals surface area contributed by atoms with Crippen LogP contribution in [0.15, 0.2) is 58.5 Å². The molecular formula is C21H25CoN3O2-2. The van der Waals surface area contributed by atoms with Gasteiger partial charge in [-0.15, -0.1) is 11.5 Å². The average Bonchev–Trinajstić information content (AvgIpc) is 2.64. The van der Waals surface area contributed by atoms with Gasteiger partial charge in [0.1, 0.15) is 0 Å². The number of rotatable bonds is 10. The Morgan fingerprint density at radius 3 is 1.59 bits per heavy atom. The molecule has 0 aromatic heterocycles. The SMILES string of the molecule is CN(CCCN=Cc1ccccc1[O-])CCCN=Cc1ccccc1[O-].[Co]. The monoisotopic (exact) mass is 410 g/mol. The molecule has 0 aliphatic heterocycles. The molecule has 0 heterocycles. The van der Waals surface area contributed by atoms with E-state index < -0.39 is 0 Å². The molecule has 0 aliphatic rings. The van der Waals surface area contributed by atoms with E-state index in [-0.39, 0.29) is 28.3 Å². The van der Waals surface area contributed by atoms with Crippen molar-refractivity contribution in [1.82, 2.24) is 4.90 Å². The maximum Gasteiger partial charge on any atom is 0.0401 e. The summed E-state index contributed by atoms with van der Waals surface area (Å²) in [5.74, 6) is 0.0158. The van der Waals surface area contributed by atoms with Crippen LogP contribution < -0.4 is 10.2 Å². The van der Waals surface area contributed by atoms with Crippen LogP contribution in [0, 0.1) is 0 Å². The second-order valence-corrected chi connectivity index (χ2v) is 6.16. The van der Waals surface area contributed by atoms with Crippen LogP contribution in [-0.2, 0) is 16.8 Å². The summed E-state index contributed by atoms with van der Waals surface area (Å²) in [4.78, 5) is 10.9. The van der Waals surface area contributed by atoms with E-state index in [1.54, 1.807) is 48.8 Å². The van der Waals surface area contributed by atoms with Crippen molar-refractivity contribution in [1.29, 1.82) is 0 Å². The van der Waals surface area contributed by atoms with E-state index in [1.165, 1.54) is 0 Å². The Labute approximate surface area is 171 Å². The van der Waals surface area contributed by atoms with Crippen molar-refractivity contribution in [3.63, 3.8) is 0 Å². The molecule has 2 aromatic rings. The Balaban J connectivity index is 0.00000364. The summed E-state index contributed by atoms with van der Waals surface area (Å²) in [5.41, 5.74) is 1.27. The van der Waals surface area contributed by atoms with Gasteiger partial charge in [0, 0.05) is 42.3 Å². The summed E-state index contributed by atoms with van der Waals surface area (Å²) in [5, 5.41) is 23.1. The van der Waals surface area contributed by atoms with E-state index in [4.69, 9.17) is 0 Å². The standard InChI is InChI=1S/C21H27N3O2.Co/c1-24(14-6-12-22-16-18-8-2-4-10-20(18)25)15-7-13-23-17-19-9-3-5-11-21(19)26;/h2-5,8-11,16-17,25-26H,6-7,12-15H2,1H3;/p-2. The van der Waals surface area contributed by atoms with Gasteiger partial charge in [0.05, 0.1) is 0 Å². The molecule has 2 aromatic carbocycles. The van der Waals surface area contributed by atoms with E-state index in [2.05, 4.69) is 21.9 Å². The second-order valence-electron chi connectivity index (χ2n) is 6.16. The molecule has 0 aliphatic carbocycles. The molecular weight excluding hydrogens is 385 g/mol. The molecule has 0 unspecified atom stereocenters. The predicted molar refractivity (Wildman–Crippen MR) is 103 cm³/mol. The van der Waals surface area contributed by atoms with Crippen LogP contribution in [0.2, 0.25) is 0 Å². The predicted octanol–water partition coefficient (Wildman–Crippen LogP) is 2.08. The smallest absolute Gasteiger partial charge is 0.0401 e. The normalized spacial score (nSPS) is 11.3. The maximum absolute atomic E-state index is 11.5. The molecule has 0 bridgehead atoms. The molecule has 0 amide bonds. The average molecular weight is 410 g/mol. The number of hydrogen-bond acceptors (Lipinski definition) is 5. The summed E-state index contributed by atoms with van der Waals surface area (Å²) in [6.07, 6.45) is 5.21. The fourth-order valence-corrected chi connectivity index (χ4v) is 2.48. The van der Waals surface area contributed by atoms with Crippen molar-refractivity contribution in [2.75, 3.05) is 33.2 Å². The van der Waals surface area contributed by atoms with Crippen LogP contribution in [-0.4, -0.2) is 50.6 Å². The van der Waals surface area contributed by atoms with Crippen LogP contribution in [0.3, 0.4) is 0 Å². The van der Waals surface area contributed by atoms with Gasteiger partial charge in [0.2, 0.25) is 0 Å². The summed E-state index contributed by atoms with van der Waals surface area (Å²) in [6.45, 7) is 3.31. The molecule has 0 saturated carbocycles. The minimum atomic E-state index is 0. The Bertz CT molecular complexity index is 673. The Kier molecular flexibility index (Phi) is 11.1. The van der Waals surface area contributed by atoms with Crippen molar-refractivity contribution >= 4 is 12.4 Å². The molecule has 0 spiro atoms. The zero-order valence-corrected chi connectivity index (χ0v) is 16.5. The Morgan fingerprint density at radius 1 is 0.778 bits per heavy atom. The molecule has 147 valence electrons. The molecule has 0 fully saturated rings. The number of hydrogen-bond donors (Lipinski definition) is 0. The van der Waals surface area contributed by atoms with Gasteiger partial charge in [-0.1, -0.05) is 48.5 Å². The maximum atomic E-state index is 11.5. The fraction of sp³-hybridized carbons (Fsp3) is 0.333. The Hall–Kier alpha value is -2.15. The summed E-state index contributed by atoms with van der Waals surface area (Å²) in [6, 6.07) is 13.8. The number of para-hydroxylation sites is 2. The zero-order valence-electron chi connectivity index (χ0n) is 15.5. The molecule has 27 heavy (non-hydrogen) atoms. The number of aliphatic imine (C=N–C) groups is 2. The van der Waals surface area contributed by atoms with Crippen molar-refractivity contribution < 1.29 is 27.0 Å². The first kappa shape index (κ1) is 22.9. The number of benzene rings is 2. The van der Waals surface area contributed by atoms with Gasteiger partial charge in [-0.3, -0.25) is 9.98 Å². The molecule has 5 nitrogen and oxygen atoms in total. The first-order chi connectivity index (χ1) is 12.7. The van der Waals surface area contributed by atoms with Crippen LogP contribution in [0.5, 0.6) is 11.5 Å². The molecule has 2 rings (SSSR count). The topological polar surface area (TPSA) is 74.1 Å². The van der Waals surface area contributed by atoms with Crippen LogP contribution >= 0.6 is 0 Å². The summed E-state index contributed by atoms with van der Waals surface area (Å²) >= 11 is 0. The van der Waals surface area contributed by atoms with Gasteiger partial charge in [-0.05, 0) is 44.1 Å². The molecule has 6 heteroatoms. The van der Waals surface area contributed by atoms with Crippen LogP contribution in [0.4, 0.5) is 0 Å². The van der Waals surface area contributed by atoms with Crippen molar-refractivity contribution in [3.05, 3.63) is 59.7 Å². The van der Waals surface area contributed by atoms with Gasteiger partial charge < -0.3 is 15.1 Å². The van der Waals surface area contributed by atoms with Gasteiger partial charge in [-0.2, -0.15) is 0 Å². The van der Waals surface area contributed by atoms with Gasteiger partial charge in [-0.25, -0.2) is 0 Å². The molecule has 0 saturated heterocycles. The summed E-state index contributed by atoms with van der Waals surface area (Å²) in [7, 11) is 2.08. The van der Waals surface area contributed by atoms with Crippen LogP contribution in [0.25, 0.3) is 0 Å². The van der Waals surface area contributed by atoms with Crippen LogP contribution in [0.1, 0.15) is 24.0 Å². The third-order valence-electron chi connectivity index (χ3n) is 3.95. The first-order valence-electron chi connectivity index (χ1n) is 8.87. The molecule has 0 N–H and O–H groups in total. The summed E-state index contributed by atoms with van der Waals surface area (Å²) < 4.78 is 0. The van der Waals surface area contributed by atoms with E-state index >= 15 is 0 Å². The molecule has 1 radical (unpaired) electrons. The van der Waals surface area contributed by atoms with Gasteiger partial charge in [0.25, 0.3) is 0 Å². The van der Waals surface area contributed by atoms with E-state index in [1.807, 2.05) is 12.1 Å². The van der Waals surface area contributed by atoms with Gasteiger partial charge >= 0.3 is 0 Å². The quantitative estimate of drug-likeness (QED) is 0.445. The third kappa shape index (κ3) is 8.86. The van der Waals surface area contributed by atoms with Gasteiger partial charge in [0.15, 0.2) is 0 Å². The second kappa shape index (κ2) is 13.1. The van der Waals surface area contributed by atoms with E-state index in [0.29, 0.717) is 24.2 Å². The fourth-order valence-electron chi connectivity index (χ4n) is 2.48. The Morgan fingerprint density at radius 2 is 1.19 bits per heavy atom. The van der Waals surface area contributed by atoms with Crippen molar-refractivity contribution in [2.24, 2.45) is 9.98 Å². The van der Waals surface area contributed by atoms with Crippen molar-refractivity contribution in [3.8, 4) is 11.5 Å². The first-order valence-corrected chi connectivity index (χ1v) is 8.87. The minimum absolute atomic E-state index is 0. The van der Waals surface area contributed by atoms with E-state index in [9.17, 15) is 10.2 Å². The minimum Gasteiger partial charge on any atom is -0.872 e. The largest absolute Gasteiger partial charge is 0.872 e. The zero-order chi connectivity index (χ0) is 18.6. The van der Waals surface area contributed by atoms with Crippen molar-refractivity contribution in [2.45, 2.75) is 12.8 Å². The third-order valence-corrected chi connectivity index (χ3v) is 3.95. The number of nitrogens with zero attached hydrogens (tertiary/aromatic N) is 3. The van der Waals surface area contributed by atoms with E-state index in [0.717, 1.165) is 25.9 Å². The molecule has 0 atom stereocenters.